The molecule has 1 N–H and O–H groups in total. The molecule has 0 saturated carbocycles. The molecule has 2 aromatic heterocycles. The molecule has 0 unspecified atom stereocenters. The number of nitrogens with one attached hydrogen (secondary N) is 1. The minimum atomic E-state index is -0.325. The second-order valence-corrected chi connectivity index (χ2v) is 4.14. The standard InChI is InChI=1S/C12H10FN3O/c1-6-3-7(13)4-8-10(6)14-5-9-11(8)15-16(2)12(9)17/h3-5,15H,1-2H3. The SMILES string of the molecule is Cc1cc(F)cc2c1ncc1c(=O)n(C)[nH]c12. The molecular formula is C12H10FN3O. The fraction of sp³-hybridized carbons (Fsp3) is 0.167. The Morgan fingerprint density at radius 2 is 2.12 bits per heavy atom. The van der Waals surface area contributed by atoms with Crippen LogP contribution in [0.5, 0.6) is 0 Å². The Balaban J connectivity index is 2.64. The van der Waals surface area contributed by atoms with Crippen LogP contribution in [0.2, 0.25) is 0 Å². The van der Waals surface area contributed by atoms with Gasteiger partial charge in [0.15, 0.2) is 0 Å². The molecule has 1 aromatic carbocycles. The zero-order chi connectivity index (χ0) is 12.2. The van der Waals surface area contributed by atoms with Gasteiger partial charge in [-0.3, -0.25) is 19.6 Å². The second kappa shape index (κ2) is 3.16. The molecule has 0 atom stereocenters. The van der Waals surface area contributed by atoms with Gasteiger partial charge >= 0.3 is 0 Å². The summed E-state index contributed by atoms with van der Waals surface area (Å²) >= 11 is 0. The average Bonchev–Trinajstić information content (AvgIpc) is 2.56. The number of benzene rings is 1. The normalized spacial score (nSPS) is 11.5. The topological polar surface area (TPSA) is 50.7 Å². The molecule has 0 spiro atoms. The summed E-state index contributed by atoms with van der Waals surface area (Å²) in [5, 5.41) is 4.04. The molecule has 0 bridgehead atoms. The molecule has 3 aromatic rings. The van der Waals surface area contributed by atoms with Gasteiger partial charge in [0.05, 0.1) is 16.4 Å². The summed E-state index contributed by atoms with van der Waals surface area (Å²) in [7, 11) is 1.63. The van der Waals surface area contributed by atoms with Gasteiger partial charge in [-0.05, 0) is 24.6 Å². The lowest BCUT2D eigenvalue weighted by Crippen LogP contribution is -2.11. The van der Waals surface area contributed by atoms with E-state index in [1.165, 1.54) is 23.0 Å². The van der Waals surface area contributed by atoms with Crippen molar-refractivity contribution < 1.29 is 4.39 Å². The summed E-state index contributed by atoms with van der Waals surface area (Å²) in [5.41, 5.74) is 1.94. The van der Waals surface area contributed by atoms with Crippen LogP contribution in [0, 0.1) is 12.7 Å². The van der Waals surface area contributed by atoms with E-state index in [0.717, 1.165) is 5.56 Å². The molecule has 0 aliphatic heterocycles. The largest absolute Gasteiger partial charge is 0.294 e. The average molecular weight is 231 g/mol. The Morgan fingerprint density at radius 1 is 1.35 bits per heavy atom. The van der Waals surface area contributed by atoms with E-state index in [-0.39, 0.29) is 11.4 Å². The second-order valence-electron chi connectivity index (χ2n) is 4.14. The predicted octanol–water partition coefficient (Wildman–Crippen LogP) is 1.86. The van der Waals surface area contributed by atoms with E-state index < -0.39 is 0 Å². The van der Waals surface area contributed by atoms with Crippen LogP contribution >= 0.6 is 0 Å². The van der Waals surface area contributed by atoms with Crippen LogP contribution in [-0.2, 0) is 7.05 Å². The van der Waals surface area contributed by atoms with Crippen LogP contribution in [0.3, 0.4) is 0 Å². The Bertz CT molecular complexity index is 801. The Morgan fingerprint density at radius 3 is 2.88 bits per heavy atom. The summed E-state index contributed by atoms with van der Waals surface area (Å²) in [6, 6.07) is 2.83. The van der Waals surface area contributed by atoms with Crippen molar-refractivity contribution in [3.8, 4) is 0 Å². The van der Waals surface area contributed by atoms with Crippen LogP contribution in [-0.4, -0.2) is 14.8 Å². The lowest BCUT2D eigenvalue weighted by atomic mass is 10.1. The molecule has 86 valence electrons. The number of pyridine rings is 1. The quantitative estimate of drug-likeness (QED) is 0.642. The molecule has 0 aliphatic rings. The number of aromatic amines is 1. The van der Waals surface area contributed by atoms with Crippen LogP contribution < -0.4 is 5.56 Å². The Kier molecular flexibility index (Phi) is 1.86. The van der Waals surface area contributed by atoms with Gasteiger partial charge in [-0.15, -0.1) is 0 Å². The number of hydrogen-bond donors (Lipinski definition) is 1. The molecular weight excluding hydrogens is 221 g/mol. The molecule has 5 heteroatoms. The minimum absolute atomic E-state index is 0.156. The third-order valence-electron chi connectivity index (χ3n) is 2.94. The van der Waals surface area contributed by atoms with Gasteiger partial charge in [-0.2, -0.15) is 0 Å². The molecule has 0 fully saturated rings. The van der Waals surface area contributed by atoms with E-state index in [9.17, 15) is 9.18 Å². The third kappa shape index (κ3) is 1.28. The fourth-order valence-electron chi connectivity index (χ4n) is 2.12. The number of halogens is 1. The highest BCUT2D eigenvalue weighted by Crippen LogP contribution is 2.23. The molecule has 0 aliphatic carbocycles. The number of fused-ring (bicyclic) bond motifs is 3. The minimum Gasteiger partial charge on any atom is -0.294 e. The van der Waals surface area contributed by atoms with Crippen molar-refractivity contribution in [1.29, 1.82) is 0 Å². The zero-order valence-corrected chi connectivity index (χ0v) is 9.41. The molecule has 17 heavy (non-hydrogen) atoms. The molecule has 3 rings (SSSR count). The van der Waals surface area contributed by atoms with Crippen LogP contribution in [0.25, 0.3) is 21.8 Å². The summed E-state index contributed by atoms with van der Waals surface area (Å²) in [6.45, 7) is 1.80. The smallest absolute Gasteiger partial charge is 0.275 e. The highest BCUT2D eigenvalue weighted by molar-refractivity contribution is 6.03. The van der Waals surface area contributed by atoms with Gasteiger partial charge in [0.1, 0.15) is 5.82 Å². The first-order chi connectivity index (χ1) is 8.08. The van der Waals surface area contributed by atoms with Crippen LogP contribution in [0.1, 0.15) is 5.56 Å². The maximum Gasteiger partial charge on any atom is 0.275 e. The van der Waals surface area contributed by atoms with E-state index in [1.54, 1.807) is 14.0 Å². The monoisotopic (exact) mass is 231 g/mol. The summed E-state index contributed by atoms with van der Waals surface area (Å²) in [6.07, 6.45) is 1.53. The number of nitrogens with zero attached hydrogens (tertiary/aromatic N) is 2. The lowest BCUT2D eigenvalue weighted by Gasteiger charge is -2.02. The Hall–Kier alpha value is -2.17. The molecule has 4 nitrogen and oxygen atoms in total. The first-order valence-electron chi connectivity index (χ1n) is 5.21. The van der Waals surface area contributed by atoms with Crippen molar-refractivity contribution in [2.24, 2.45) is 7.05 Å². The van der Waals surface area contributed by atoms with Crippen molar-refractivity contribution in [3.63, 3.8) is 0 Å². The van der Waals surface area contributed by atoms with Crippen molar-refractivity contribution in [3.05, 3.63) is 40.1 Å². The predicted molar refractivity (Wildman–Crippen MR) is 63.5 cm³/mol. The van der Waals surface area contributed by atoms with Gasteiger partial charge in [-0.25, -0.2) is 4.39 Å². The molecule has 2 heterocycles. The van der Waals surface area contributed by atoms with Crippen molar-refractivity contribution in [1.82, 2.24) is 14.8 Å². The number of rotatable bonds is 0. The molecule has 0 saturated heterocycles. The van der Waals surface area contributed by atoms with Crippen molar-refractivity contribution >= 4 is 21.8 Å². The van der Waals surface area contributed by atoms with E-state index in [4.69, 9.17) is 0 Å². The summed E-state index contributed by atoms with van der Waals surface area (Å²) in [5.74, 6) is -0.325. The third-order valence-corrected chi connectivity index (χ3v) is 2.94. The van der Waals surface area contributed by atoms with E-state index in [0.29, 0.717) is 21.8 Å². The lowest BCUT2D eigenvalue weighted by molar-refractivity contribution is 0.628. The van der Waals surface area contributed by atoms with Gasteiger partial charge in [-0.1, -0.05) is 0 Å². The highest BCUT2D eigenvalue weighted by Gasteiger charge is 2.11. The van der Waals surface area contributed by atoms with Gasteiger partial charge in [0.2, 0.25) is 0 Å². The first-order valence-corrected chi connectivity index (χ1v) is 5.21. The van der Waals surface area contributed by atoms with E-state index in [1.807, 2.05) is 0 Å². The first kappa shape index (κ1) is 10.0. The van der Waals surface area contributed by atoms with E-state index >= 15 is 0 Å². The zero-order valence-electron chi connectivity index (χ0n) is 9.41. The van der Waals surface area contributed by atoms with Gasteiger partial charge in [0, 0.05) is 18.6 Å². The van der Waals surface area contributed by atoms with Crippen LogP contribution in [0.15, 0.2) is 23.1 Å². The maximum absolute atomic E-state index is 13.4. The number of aromatic nitrogens is 3. The van der Waals surface area contributed by atoms with Crippen LogP contribution in [0.4, 0.5) is 4.39 Å². The molecule has 0 radical (unpaired) electrons. The number of H-pyrrole nitrogens is 1. The van der Waals surface area contributed by atoms with Gasteiger partial charge < -0.3 is 0 Å². The highest BCUT2D eigenvalue weighted by atomic mass is 19.1. The number of hydrogen-bond acceptors (Lipinski definition) is 2. The van der Waals surface area contributed by atoms with Crippen molar-refractivity contribution in [2.75, 3.05) is 0 Å². The van der Waals surface area contributed by atoms with Crippen molar-refractivity contribution in [2.45, 2.75) is 6.92 Å². The summed E-state index contributed by atoms with van der Waals surface area (Å²) in [4.78, 5) is 16.0. The fourth-order valence-corrected chi connectivity index (χ4v) is 2.12. The molecule has 0 amide bonds. The maximum atomic E-state index is 13.4. The Labute approximate surface area is 95.7 Å². The number of aryl methyl sites for hydroxylation is 2. The van der Waals surface area contributed by atoms with E-state index in [2.05, 4.69) is 10.1 Å². The summed E-state index contributed by atoms with van der Waals surface area (Å²) < 4.78 is 14.8. The van der Waals surface area contributed by atoms with Gasteiger partial charge in [0.25, 0.3) is 5.56 Å².